The van der Waals surface area contributed by atoms with Crippen molar-refractivity contribution < 1.29 is 9.53 Å². The number of carbonyl (C=O) groups excluding carboxylic acids is 1. The fourth-order valence-corrected chi connectivity index (χ4v) is 2.79. The molecule has 5 heteroatoms. The van der Waals surface area contributed by atoms with Crippen molar-refractivity contribution in [2.24, 2.45) is 0 Å². The van der Waals surface area contributed by atoms with E-state index >= 15 is 0 Å². The summed E-state index contributed by atoms with van der Waals surface area (Å²) >= 11 is 1.81. The molecule has 1 heterocycles. The van der Waals surface area contributed by atoms with E-state index in [9.17, 15) is 4.79 Å². The Hall–Kier alpha value is -1.20. The van der Waals surface area contributed by atoms with Gasteiger partial charge in [0.25, 0.3) is 0 Å². The van der Waals surface area contributed by atoms with Crippen LogP contribution in [0.4, 0.5) is 5.69 Å². The average molecular weight is 280 g/mol. The highest BCUT2D eigenvalue weighted by molar-refractivity contribution is 7.99. The smallest absolute Gasteiger partial charge is 0.242 e. The van der Waals surface area contributed by atoms with Crippen molar-refractivity contribution in [1.82, 2.24) is 5.32 Å². The van der Waals surface area contributed by atoms with E-state index in [1.165, 1.54) is 0 Å². The maximum atomic E-state index is 12.0. The molecule has 1 saturated heterocycles. The third-order valence-electron chi connectivity index (χ3n) is 2.73. The van der Waals surface area contributed by atoms with Gasteiger partial charge >= 0.3 is 0 Å². The molecule has 1 aliphatic heterocycles. The summed E-state index contributed by atoms with van der Waals surface area (Å²) in [4.78, 5) is 12.0. The Morgan fingerprint density at radius 2 is 2.16 bits per heavy atom. The minimum atomic E-state index is -0.0923. The SMILES string of the molecule is CC(C)Oc1ccc(NC(=O)C2CSCCN2)cc1. The minimum Gasteiger partial charge on any atom is -0.491 e. The lowest BCUT2D eigenvalue weighted by Gasteiger charge is -2.22. The number of ether oxygens (including phenoxy) is 1. The lowest BCUT2D eigenvalue weighted by Crippen LogP contribution is -2.46. The van der Waals surface area contributed by atoms with Gasteiger partial charge in [-0.05, 0) is 38.1 Å². The molecule has 0 aliphatic carbocycles. The van der Waals surface area contributed by atoms with Crippen molar-refractivity contribution >= 4 is 23.4 Å². The lowest BCUT2D eigenvalue weighted by atomic mass is 10.2. The molecule has 0 bridgehead atoms. The Bertz CT molecular complexity index is 414. The molecule has 1 amide bonds. The van der Waals surface area contributed by atoms with E-state index < -0.39 is 0 Å². The van der Waals surface area contributed by atoms with Gasteiger partial charge in [0.2, 0.25) is 5.91 Å². The summed E-state index contributed by atoms with van der Waals surface area (Å²) in [6.45, 7) is 4.87. The van der Waals surface area contributed by atoms with Crippen LogP contribution in [0.3, 0.4) is 0 Å². The molecule has 19 heavy (non-hydrogen) atoms. The second-order valence-electron chi connectivity index (χ2n) is 4.76. The summed E-state index contributed by atoms with van der Waals surface area (Å²) in [5.74, 6) is 2.76. The summed E-state index contributed by atoms with van der Waals surface area (Å²) in [7, 11) is 0. The van der Waals surface area contributed by atoms with Crippen LogP contribution in [0.25, 0.3) is 0 Å². The molecule has 0 saturated carbocycles. The van der Waals surface area contributed by atoms with Gasteiger partial charge in [-0.1, -0.05) is 0 Å². The van der Waals surface area contributed by atoms with Gasteiger partial charge in [-0.15, -0.1) is 0 Å². The third kappa shape index (κ3) is 4.44. The molecule has 1 aliphatic rings. The Balaban J connectivity index is 1.89. The zero-order valence-corrected chi connectivity index (χ0v) is 12.1. The van der Waals surface area contributed by atoms with E-state index in [1.54, 1.807) is 0 Å². The van der Waals surface area contributed by atoms with E-state index in [1.807, 2.05) is 49.9 Å². The van der Waals surface area contributed by atoms with Crippen molar-refractivity contribution in [2.45, 2.75) is 26.0 Å². The molecule has 1 fully saturated rings. The zero-order valence-electron chi connectivity index (χ0n) is 11.3. The van der Waals surface area contributed by atoms with E-state index in [0.717, 1.165) is 29.5 Å². The molecule has 0 aromatic heterocycles. The Kier molecular flexibility index (Phi) is 5.10. The normalized spacial score (nSPS) is 19.2. The Morgan fingerprint density at radius 1 is 1.42 bits per heavy atom. The first kappa shape index (κ1) is 14.2. The number of nitrogens with one attached hydrogen (secondary N) is 2. The second kappa shape index (κ2) is 6.82. The van der Waals surface area contributed by atoms with Crippen molar-refractivity contribution in [3.8, 4) is 5.75 Å². The van der Waals surface area contributed by atoms with Crippen LogP contribution in [0, 0.1) is 0 Å². The van der Waals surface area contributed by atoms with Crippen LogP contribution < -0.4 is 15.4 Å². The molecule has 1 aromatic carbocycles. The quantitative estimate of drug-likeness (QED) is 0.887. The van der Waals surface area contributed by atoms with Crippen molar-refractivity contribution in [2.75, 3.05) is 23.4 Å². The van der Waals surface area contributed by atoms with E-state index in [4.69, 9.17) is 4.74 Å². The fraction of sp³-hybridized carbons (Fsp3) is 0.500. The first-order valence-corrected chi connectivity index (χ1v) is 7.69. The summed E-state index contributed by atoms with van der Waals surface area (Å²) in [6, 6.07) is 7.39. The topological polar surface area (TPSA) is 50.4 Å². The monoisotopic (exact) mass is 280 g/mol. The molecular formula is C14H20N2O2S. The number of benzene rings is 1. The molecule has 0 spiro atoms. The van der Waals surface area contributed by atoms with Crippen LogP contribution in [-0.2, 0) is 4.79 Å². The summed E-state index contributed by atoms with van der Waals surface area (Å²) in [5.41, 5.74) is 0.804. The fourth-order valence-electron chi connectivity index (χ4n) is 1.85. The first-order chi connectivity index (χ1) is 9.15. The Labute approximate surface area is 118 Å². The van der Waals surface area contributed by atoms with Gasteiger partial charge < -0.3 is 15.4 Å². The van der Waals surface area contributed by atoms with Crippen molar-refractivity contribution in [3.05, 3.63) is 24.3 Å². The maximum Gasteiger partial charge on any atom is 0.242 e. The molecule has 1 atom stereocenters. The van der Waals surface area contributed by atoms with Crippen LogP contribution in [0.5, 0.6) is 5.75 Å². The average Bonchev–Trinajstić information content (AvgIpc) is 2.41. The molecular weight excluding hydrogens is 260 g/mol. The van der Waals surface area contributed by atoms with Crippen LogP contribution in [0.2, 0.25) is 0 Å². The van der Waals surface area contributed by atoms with E-state index in [-0.39, 0.29) is 18.1 Å². The molecule has 1 unspecified atom stereocenters. The number of thioether (sulfide) groups is 1. The molecule has 0 radical (unpaired) electrons. The van der Waals surface area contributed by atoms with Gasteiger partial charge in [0.05, 0.1) is 12.1 Å². The standard InChI is InChI=1S/C14H20N2O2S/c1-10(2)18-12-5-3-11(4-6-12)16-14(17)13-9-19-8-7-15-13/h3-6,10,13,15H,7-9H2,1-2H3,(H,16,17). The summed E-state index contributed by atoms with van der Waals surface area (Å²) in [5, 5.41) is 6.14. The van der Waals surface area contributed by atoms with Crippen molar-refractivity contribution in [1.29, 1.82) is 0 Å². The molecule has 2 rings (SSSR count). The van der Waals surface area contributed by atoms with Crippen LogP contribution in [0.1, 0.15) is 13.8 Å². The summed E-state index contributed by atoms with van der Waals surface area (Å²) < 4.78 is 5.56. The molecule has 2 N–H and O–H groups in total. The van der Waals surface area contributed by atoms with Gasteiger partial charge in [0.1, 0.15) is 5.75 Å². The predicted molar refractivity (Wildman–Crippen MR) is 80.0 cm³/mol. The summed E-state index contributed by atoms with van der Waals surface area (Å²) in [6.07, 6.45) is 0.156. The second-order valence-corrected chi connectivity index (χ2v) is 5.91. The van der Waals surface area contributed by atoms with Gasteiger partial charge in [-0.3, -0.25) is 4.79 Å². The van der Waals surface area contributed by atoms with Crippen molar-refractivity contribution in [3.63, 3.8) is 0 Å². The third-order valence-corrected chi connectivity index (χ3v) is 3.79. The number of amides is 1. The van der Waals surface area contributed by atoms with Crippen LogP contribution in [0.15, 0.2) is 24.3 Å². The molecule has 104 valence electrons. The number of anilines is 1. The largest absolute Gasteiger partial charge is 0.491 e. The number of rotatable bonds is 4. The highest BCUT2D eigenvalue weighted by Crippen LogP contribution is 2.17. The minimum absolute atomic E-state index is 0.0322. The van der Waals surface area contributed by atoms with Crippen LogP contribution in [-0.4, -0.2) is 36.1 Å². The maximum absolute atomic E-state index is 12.0. The van der Waals surface area contributed by atoms with Gasteiger partial charge in [0.15, 0.2) is 0 Å². The zero-order chi connectivity index (χ0) is 13.7. The number of carbonyl (C=O) groups is 1. The first-order valence-electron chi connectivity index (χ1n) is 6.54. The number of hydrogen-bond donors (Lipinski definition) is 2. The van der Waals surface area contributed by atoms with E-state index in [0.29, 0.717) is 0 Å². The molecule has 1 aromatic rings. The highest BCUT2D eigenvalue weighted by Gasteiger charge is 2.20. The van der Waals surface area contributed by atoms with Gasteiger partial charge in [-0.2, -0.15) is 11.8 Å². The van der Waals surface area contributed by atoms with Gasteiger partial charge in [-0.25, -0.2) is 0 Å². The lowest BCUT2D eigenvalue weighted by molar-refractivity contribution is -0.117. The van der Waals surface area contributed by atoms with Crippen LogP contribution >= 0.6 is 11.8 Å². The van der Waals surface area contributed by atoms with Gasteiger partial charge in [0, 0.05) is 23.7 Å². The van der Waals surface area contributed by atoms with E-state index in [2.05, 4.69) is 10.6 Å². The molecule has 4 nitrogen and oxygen atoms in total. The highest BCUT2D eigenvalue weighted by atomic mass is 32.2. The Morgan fingerprint density at radius 3 is 2.74 bits per heavy atom. The number of hydrogen-bond acceptors (Lipinski definition) is 4. The predicted octanol–water partition coefficient (Wildman–Crippen LogP) is 2.12.